The number of ether oxygens (including phenoxy) is 1. The first-order valence-corrected chi connectivity index (χ1v) is 6.14. The SMILES string of the molecule is CC(C)(C#N)CCCCOc1cc(F)c(N)cc1F. The fourth-order valence-electron chi connectivity index (χ4n) is 1.56. The maximum atomic E-state index is 13.4. The van der Waals surface area contributed by atoms with E-state index in [2.05, 4.69) is 6.07 Å². The molecule has 0 saturated heterocycles. The number of nitrogens with zero attached hydrogens (tertiary/aromatic N) is 1. The van der Waals surface area contributed by atoms with Crippen molar-refractivity contribution in [3.8, 4) is 11.8 Å². The van der Waals surface area contributed by atoms with Crippen LogP contribution in [0.5, 0.6) is 5.75 Å². The van der Waals surface area contributed by atoms with Gasteiger partial charge in [0.25, 0.3) is 0 Å². The lowest BCUT2D eigenvalue weighted by Crippen LogP contribution is -2.08. The van der Waals surface area contributed by atoms with E-state index in [9.17, 15) is 8.78 Å². The summed E-state index contributed by atoms with van der Waals surface area (Å²) in [5, 5.41) is 8.84. The standard InChI is InChI=1S/C14H18F2N2O/c1-14(2,9-17)5-3-4-6-19-13-8-10(15)12(18)7-11(13)16/h7-8H,3-6,18H2,1-2H3. The van der Waals surface area contributed by atoms with Crippen molar-refractivity contribution in [1.82, 2.24) is 0 Å². The fraction of sp³-hybridized carbons (Fsp3) is 0.500. The zero-order chi connectivity index (χ0) is 14.5. The van der Waals surface area contributed by atoms with Crippen LogP contribution in [-0.2, 0) is 0 Å². The quantitative estimate of drug-likeness (QED) is 0.633. The zero-order valence-electron chi connectivity index (χ0n) is 11.2. The van der Waals surface area contributed by atoms with E-state index in [0.717, 1.165) is 25.0 Å². The molecule has 0 atom stereocenters. The second-order valence-electron chi connectivity index (χ2n) is 5.11. The molecule has 0 unspecified atom stereocenters. The molecule has 0 bridgehead atoms. The number of rotatable bonds is 6. The van der Waals surface area contributed by atoms with Crippen LogP contribution in [0.15, 0.2) is 12.1 Å². The summed E-state index contributed by atoms with van der Waals surface area (Å²) in [6.07, 6.45) is 2.21. The first-order chi connectivity index (χ1) is 8.85. The summed E-state index contributed by atoms with van der Waals surface area (Å²) in [6.45, 7) is 4.01. The van der Waals surface area contributed by atoms with E-state index in [-0.39, 0.29) is 23.5 Å². The Morgan fingerprint density at radius 1 is 1.26 bits per heavy atom. The molecule has 2 N–H and O–H groups in total. The minimum absolute atomic E-state index is 0.133. The van der Waals surface area contributed by atoms with Crippen molar-refractivity contribution in [3.63, 3.8) is 0 Å². The van der Waals surface area contributed by atoms with Gasteiger partial charge in [-0.3, -0.25) is 0 Å². The third-order valence-corrected chi connectivity index (χ3v) is 2.81. The minimum Gasteiger partial charge on any atom is -0.490 e. The average molecular weight is 268 g/mol. The molecule has 1 aromatic rings. The molecule has 1 rings (SSSR count). The summed E-state index contributed by atoms with van der Waals surface area (Å²) in [7, 11) is 0. The van der Waals surface area contributed by atoms with E-state index in [1.165, 1.54) is 0 Å². The Hall–Kier alpha value is -1.83. The highest BCUT2D eigenvalue weighted by molar-refractivity contribution is 5.44. The highest BCUT2D eigenvalue weighted by Crippen LogP contribution is 2.24. The number of unbranched alkanes of at least 4 members (excludes halogenated alkanes) is 1. The Morgan fingerprint density at radius 3 is 2.58 bits per heavy atom. The molecule has 1 aromatic carbocycles. The van der Waals surface area contributed by atoms with Crippen molar-refractivity contribution < 1.29 is 13.5 Å². The number of nitrogens with two attached hydrogens (primary N) is 1. The molecule has 0 aromatic heterocycles. The summed E-state index contributed by atoms with van der Waals surface area (Å²) in [4.78, 5) is 0. The van der Waals surface area contributed by atoms with E-state index in [1.54, 1.807) is 0 Å². The first-order valence-electron chi connectivity index (χ1n) is 6.14. The lowest BCUT2D eigenvalue weighted by atomic mass is 9.89. The summed E-state index contributed by atoms with van der Waals surface area (Å²) in [6, 6.07) is 4.06. The molecule has 0 aliphatic carbocycles. The number of hydrogen-bond acceptors (Lipinski definition) is 3. The van der Waals surface area contributed by atoms with Crippen LogP contribution in [0.1, 0.15) is 33.1 Å². The van der Waals surface area contributed by atoms with Crippen molar-refractivity contribution in [3.05, 3.63) is 23.8 Å². The van der Waals surface area contributed by atoms with E-state index >= 15 is 0 Å². The van der Waals surface area contributed by atoms with Gasteiger partial charge in [-0.15, -0.1) is 0 Å². The molecular weight excluding hydrogens is 250 g/mol. The Labute approximate surface area is 112 Å². The highest BCUT2D eigenvalue weighted by Gasteiger charge is 2.15. The number of nitrogen functional groups attached to an aromatic ring is 1. The molecule has 0 amide bonds. The molecule has 0 saturated carbocycles. The molecule has 0 aliphatic heterocycles. The monoisotopic (exact) mass is 268 g/mol. The van der Waals surface area contributed by atoms with Crippen molar-refractivity contribution in [2.75, 3.05) is 12.3 Å². The number of halogens is 2. The summed E-state index contributed by atoms with van der Waals surface area (Å²) >= 11 is 0. The summed E-state index contributed by atoms with van der Waals surface area (Å²) in [5.41, 5.74) is 4.63. The molecule has 0 spiro atoms. The van der Waals surface area contributed by atoms with E-state index in [0.29, 0.717) is 6.42 Å². The Morgan fingerprint density at radius 2 is 1.95 bits per heavy atom. The van der Waals surface area contributed by atoms with Gasteiger partial charge in [-0.05, 0) is 33.1 Å². The average Bonchev–Trinajstić information content (AvgIpc) is 2.35. The third kappa shape index (κ3) is 4.74. The predicted octanol–water partition coefficient (Wildman–Crippen LogP) is 3.65. The van der Waals surface area contributed by atoms with Crippen LogP contribution in [-0.4, -0.2) is 6.61 Å². The number of anilines is 1. The molecule has 0 radical (unpaired) electrons. The Kier molecular flexibility index (Phi) is 5.11. The largest absolute Gasteiger partial charge is 0.490 e. The van der Waals surface area contributed by atoms with Gasteiger partial charge in [0.15, 0.2) is 11.6 Å². The molecule has 0 fully saturated rings. The molecule has 104 valence electrons. The molecular formula is C14H18F2N2O. The molecule has 0 heterocycles. The lowest BCUT2D eigenvalue weighted by molar-refractivity contribution is 0.281. The van der Waals surface area contributed by atoms with Crippen LogP contribution in [0.3, 0.4) is 0 Å². The Bertz CT molecular complexity index is 481. The fourth-order valence-corrected chi connectivity index (χ4v) is 1.56. The summed E-state index contributed by atoms with van der Waals surface area (Å²) < 4.78 is 31.7. The maximum Gasteiger partial charge on any atom is 0.167 e. The van der Waals surface area contributed by atoms with Gasteiger partial charge in [-0.25, -0.2) is 8.78 Å². The van der Waals surface area contributed by atoms with Crippen molar-refractivity contribution >= 4 is 5.69 Å². The summed E-state index contributed by atoms with van der Waals surface area (Å²) in [5.74, 6) is -1.50. The second-order valence-corrected chi connectivity index (χ2v) is 5.11. The number of hydrogen-bond donors (Lipinski definition) is 1. The second kappa shape index (κ2) is 6.37. The third-order valence-electron chi connectivity index (χ3n) is 2.81. The van der Waals surface area contributed by atoms with Gasteiger partial charge in [0.2, 0.25) is 0 Å². The number of nitriles is 1. The van der Waals surface area contributed by atoms with Gasteiger partial charge >= 0.3 is 0 Å². The van der Waals surface area contributed by atoms with Gasteiger partial charge in [0.05, 0.1) is 23.8 Å². The van der Waals surface area contributed by atoms with Crippen molar-refractivity contribution in [2.24, 2.45) is 5.41 Å². The van der Waals surface area contributed by atoms with Crippen LogP contribution < -0.4 is 10.5 Å². The van der Waals surface area contributed by atoms with Crippen LogP contribution in [0.4, 0.5) is 14.5 Å². The lowest BCUT2D eigenvalue weighted by Gasteiger charge is -2.14. The van der Waals surface area contributed by atoms with Gasteiger partial charge in [0.1, 0.15) is 5.82 Å². The first kappa shape index (κ1) is 15.2. The normalized spacial score (nSPS) is 11.1. The van der Waals surface area contributed by atoms with E-state index < -0.39 is 11.6 Å². The number of benzene rings is 1. The van der Waals surface area contributed by atoms with Gasteiger partial charge in [-0.2, -0.15) is 5.26 Å². The topological polar surface area (TPSA) is 59.0 Å². The van der Waals surface area contributed by atoms with Gasteiger partial charge < -0.3 is 10.5 Å². The molecule has 0 aliphatic rings. The Balaban J connectivity index is 2.39. The maximum absolute atomic E-state index is 13.4. The van der Waals surface area contributed by atoms with Crippen molar-refractivity contribution in [1.29, 1.82) is 5.26 Å². The van der Waals surface area contributed by atoms with Crippen LogP contribution in [0.2, 0.25) is 0 Å². The predicted molar refractivity (Wildman–Crippen MR) is 69.5 cm³/mol. The van der Waals surface area contributed by atoms with E-state index in [4.69, 9.17) is 15.7 Å². The van der Waals surface area contributed by atoms with Gasteiger partial charge in [-0.1, -0.05) is 0 Å². The highest BCUT2D eigenvalue weighted by atomic mass is 19.1. The van der Waals surface area contributed by atoms with Crippen LogP contribution in [0, 0.1) is 28.4 Å². The zero-order valence-corrected chi connectivity index (χ0v) is 11.2. The van der Waals surface area contributed by atoms with Crippen molar-refractivity contribution in [2.45, 2.75) is 33.1 Å². The minimum atomic E-state index is -0.693. The molecule has 19 heavy (non-hydrogen) atoms. The molecule has 3 nitrogen and oxygen atoms in total. The van der Waals surface area contributed by atoms with Gasteiger partial charge in [0, 0.05) is 12.1 Å². The van der Waals surface area contributed by atoms with Crippen LogP contribution in [0.25, 0.3) is 0 Å². The molecule has 5 heteroatoms. The smallest absolute Gasteiger partial charge is 0.167 e. The van der Waals surface area contributed by atoms with Crippen LogP contribution >= 0.6 is 0 Å². The van der Waals surface area contributed by atoms with E-state index in [1.807, 2.05) is 13.8 Å².